The lowest BCUT2D eigenvalue weighted by Crippen LogP contribution is -2.31. The number of aliphatic carboxylic acids is 1. The summed E-state index contributed by atoms with van der Waals surface area (Å²) >= 11 is 0. The summed E-state index contributed by atoms with van der Waals surface area (Å²) in [6.07, 6.45) is 67.5. The van der Waals surface area contributed by atoms with E-state index in [1.54, 1.807) is 13.8 Å². The zero-order valence-electron chi connectivity index (χ0n) is 69.1. The Hall–Kier alpha value is -4.30. The summed E-state index contributed by atoms with van der Waals surface area (Å²) in [4.78, 5) is 98.1. The normalized spacial score (nSPS) is 12.4. The van der Waals surface area contributed by atoms with E-state index in [1.807, 2.05) is 19.9 Å². The van der Waals surface area contributed by atoms with Gasteiger partial charge in [0.2, 0.25) is 0 Å². The highest BCUT2D eigenvalue weighted by molar-refractivity contribution is 5.92. The number of unbranched alkanes of at least 4 members (excludes halogenated alkanes) is 48. The summed E-state index contributed by atoms with van der Waals surface area (Å²) in [5.41, 5.74) is 0.670. The van der Waals surface area contributed by atoms with E-state index in [-0.39, 0.29) is 80.8 Å². The predicted octanol–water partition coefficient (Wildman–Crippen LogP) is 25.4. The first-order chi connectivity index (χ1) is 50.4. The third-order valence-electron chi connectivity index (χ3n) is 20.2. The number of ether oxygens (including phenoxy) is 6. The first-order valence-electron chi connectivity index (χ1n) is 43.8. The number of hydrogen-bond acceptors (Lipinski definition) is 14. The van der Waals surface area contributed by atoms with Crippen molar-refractivity contribution in [2.45, 2.75) is 466 Å². The zero-order valence-corrected chi connectivity index (χ0v) is 69.1. The monoisotopic (exact) mass is 1470 g/mol. The van der Waals surface area contributed by atoms with Crippen molar-refractivity contribution in [1.29, 1.82) is 0 Å². The van der Waals surface area contributed by atoms with Gasteiger partial charge in [0.25, 0.3) is 0 Å². The van der Waals surface area contributed by atoms with Crippen molar-refractivity contribution in [2.75, 3.05) is 26.4 Å². The van der Waals surface area contributed by atoms with Gasteiger partial charge >= 0.3 is 41.8 Å². The topological polar surface area (TPSA) is 212 Å². The molecule has 0 fully saturated rings. The molecule has 0 aromatic heterocycles. The van der Waals surface area contributed by atoms with E-state index in [2.05, 4.69) is 27.7 Å². The van der Waals surface area contributed by atoms with Crippen molar-refractivity contribution < 1.29 is 71.9 Å². The van der Waals surface area contributed by atoms with Gasteiger partial charge in [-0.2, -0.15) is 0 Å². The fraction of sp³-hybridized carbons (Fsp3) is 0.888. The van der Waals surface area contributed by atoms with Gasteiger partial charge in [0, 0.05) is 38.5 Å². The van der Waals surface area contributed by atoms with Crippen LogP contribution < -0.4 is 0 Å². The largest absolute Gasteiger partial charge is 0.481 e. The third kappa shape index (κ3) is 75.9. The molecule has 3 atom stereocenters. The molecule has 0 amide bonds. The molecule has 0 spiro atoms. The van der Waals surface area contributed by atoms with Crippen LogP contribution >= 0.6 is 0 Å². The molecule has 0 heterocycles. The molecule has 610 valence electrons. The van der Waals surface area contributed by atoms with Crippen LogP contribution in [0.5, 0.6) is 0 Å². The Balaban J connectivity index is 0. The molecule has 0 radical (unpaired) electrons. The van der Waals surface area contributed by atoms with Crippen molar-refractivity contribution in [3.05, 3.63) is 11.6 Å². The maximum Gasteiger partial charge on any atom is 0.306 e. The van der Waals surface area contributed by atoms with Crippen LogP contribution in [0.1, 0.15) is 454 Å². The van der Waals surface area contributed by atoms with Crippen LogP contribution in [-0.2, 0) is 66.8 Å². The Morgan fingerprint density at radius 2 is 0.500 bits per heavy atom. The van der Waals surface area contributed by atoms with Gasteiger partial charge in [-0.15, -0.1) is 0 Å². The number of Topliss-reactive ketones (excluding diaryl/α,β-unsaturated/α-hetero) is 1. The minimum absolute atomic E-state index is 0.0103. The van der Waals surface area contributed by atoms with Crippen molar-refractivity contribution in [3.8, 4) is 0 Å². The van der Waals surface area contributed by atoms with Crippen molar-refractivity contribution in [1.82, 2.24) is 0 Å². The molecule has 0 aliphatic carbocycles. The van der Waals surface area contributed by atoms with E-state index in [0.29, 0.717) is 50.5 Å². The third-order valence-corrected chi connectivity index (χ3v) is 20.2. The number of rotatable bonds is 77. The van der Waals surface area contributed by atoms with Gasteiger partial charge in [-0.25, -0.2) is 0 Å². The highest BCUT2D eigenvalue weighted by Gasteiger charge is 2.24. The molecule has 0 aliphatic rings. The highest BCUT2D eigenvalue weighted by atomic mass is 16.6. The molecule has 0 saturated heterocycles. The van der Waals surface area contributed by atoms with Crippen LogP contribution in [-0.4, -0.2) is 91.3 Å². The fourth-order valence-corrected chi connectivity index (χ4v) is 12.8. The molecule has 0 aliphatic heterocycles. The van der Waals surface area contributed by atoms with Crippen molar-refractivity contribution in [2.24, 2.45) is 17.8 Å². The molecule has 0 aromatic carbocycles. The van der Waals surface area contributed by atoms with Crippen LogP contribution in [0.25, 0.3) is 0 Å². The first-order valence-corrected chi connectivity index (χ1v) is 43.8. The van der Waals surface area contributed by atoms with E-state index in [9.17, 15) is 38.4 Å². The Labute approximate surface area is 638 Å². The van der Waals surface area contributed by atoms with Crippen LogP contribution in [0.2, 0.25) is 0 Å². The molecule has 3 unspecified atom stereocenters. The molecule has 104 heavy (non-hydrogen) atoms. The van der Waals surface area contributed by atoms with Gasteiger partial charge < -0.3 is 33.5 Å². The second-order valence-corrected chi connectivity index (χ2v) is 31.0. The number of allylic oxidation sites excluding steroid dienone is 2. The molecule has 0 saturated carbocycles. The average molecular weight is 1470 g/mol. The number of ketones is 1. The summed E-state index contributed by atoms with van der Waals surface area (Å²) in [5.74, 6) is -3.63. The maximum atomic E-state index is 12.8. The lowest BCUT2D eigenvalue weighted by molar-refractivity contribution is -0.167. The molecule has 15 nitrogen and oxygen atoms in total. The molecular weight excluding hydrogens is 1310 g/mol. The van der Waals surface area contributed by atoms with Crippen LogP contribution in [0.4, 0.5) is 0 Å². The van der Waals surface area contributed by atoms with Crippen molar-refractivity contribution >= 4 is 47.6 Å². The predicted molar refractivity (Wildman–Crippen MR) is 427 cm³/mol. The SMILES string of the molecule is CCCCCCCCCCCCCCCC(=O)OCC(COC(=O)CCCCCCCCCCCCCCC)OC(=O)CC(C)C/C=C(\C)C(C)=O.CCCCCCCCCCCCCCCC(=O)OCC(COC(=O)CCCCCCCCCCCCCCC)OC(=O)CC(C)CCC(C)C(=O)O. The van der Waals surface area contributed by atoms with Crippen LogP contribution in [0.3, 0.4) is 0 Å². The molecule has 0 rings (SSSR count). The Kier molecular flexibility index (Phi) is 76.6. The zero-order chi connectivity index (χ0) is 77.0. The molecule has 15 heteroatoms. The molecule has 0 aromatic rings. The highest BCUT2D eigenvalue weighted by Crippen LogP contribution is 2.22. The van der Waals surface area contributed by atoms with Crippen molar-refractivity contribution in [3.63, 3.8) is 0 Å². The maximum absolute atomic E-state index is 12.8. The van der Waals surface area contributed by atoms with E-state index in [1.165, 1.54) is 264 Å². The number of hydrogen-bond donors (Lipinski definition) is 1. The standard InChI is InChI=1S/C45H82O7.C44H82O8/c1-6-8-10-12-14-16-18-20-22-24-26-28-30-32-43(47)50-37-42(52-45(49)36-39(3)34-35-40(4)41(5)46)38-51-44(48)33-31-29-27-25-23-21-19-17-15-13-11-9-7-2;1-5-7-9-11-13-15-17-19-21-23-25-27-29-31-41(45)50-36-40(52-43(47)35-38(3)33-34-39(4)44(48)49)37-51-42(46)32-30-28-26-24-22-20-18-16-14-12-10-8-6-2/h35,39,42H,6-34,36-38H2,1-5H3;38-40H,5-37H2,1-4H3,(H,48,49)/b40-35+;. The van der Waals surface area contributed by atoms with E-state index in [4.69, 9.17) is 33.5 Å². The molecule has 0 bridgehead atoms. The lowest BCUT2D eigenvalue weighted by Gasteiger charge is -2.19. The first kappa shape index (κ1) is 102. The van der Waals surface area contributed by atoms with E-state index >= 15 is 0 Å². The van der Waals surface area contributed by atoms with E-state index in [0.717, 1.165) is 77.0 Å². The summed E-state index contributed by atoms with van der Waals surface area (Å²) in [6, 6.07) is 0. The number of carbonyl (C=O) groups is 8. The minimum Gasteiger partial charge on any atom is -0.481 e. The smallest absolute Gasteiger partial charge is 0.306 e. The average Bonchev–Trinajstić information content (AvgIpc) is 0.962. The second-order valence-electron chi connectivity index (χ2n) is 31.0. The lowest BCUT2D eigenvalue weighted by atomic mass is 9.96. The molecular formula is C89H164O15. The molecule has 1 N–H and O–H groups in total. The minimum atomic E-state index is -0.871. The van der Waals surface area contributed by atoms with Gasteiger partial charge in [-0.1, -0.05) is 363 Å². The summed E-state index contributed by atoms with van der Waals surface area (Å²) < 4.78 is 33.1. The van der Waals surface area contributed by atoms with E-state index < -0.39 is 36.0 Å². The summed E-state index contributed by atoms with van der Waals surface area (Å²) in [5, 5.41) is 9.14. The second kappa shape index (κ2) is 78.3. The summed E-state index contributed by atoms with van der Waals surface area (Å²) in [7, 11) is 0. The Morgan fingerprint density at radius 1 is 0.288 bits per heavy atom. The Bertz CT molecular complexity index is 1960. The quantitative estimate of drug-likeness (QED) is 0.0260. The van der Waals surface area contributed by atoms with Gasteiger partial charge in [-0.3, -0.25) is 38.4 Å². The van der Waals surface area contributed by atoms with Gasteiger partial charge in [0.05, 0.1) is 5.92 Å². The van der Waals surface area contributed by atoms with Crippen LogP contribution in [0, 0.1) is 17.8 Å². The van der Waals surface area contributed by atoms with Gasteiger partial charge in [-0.05, 0) is 76.2 Å². The summed E-state index contributed by atoms with van der Waals surface area (Å²) in [6.45, 7) is 17.2. The number of carboxylic acid groups (broad SMARTS) is 1. The fourth-order valence-electron chi connectivity index (χ4n) is 12.8. The number of esters is 6. The number of carbonyl (C=O) groups excluding carboxylic acids is 7. The number of carboxylic acids is 1. The van der Waals surface area contributed by atoms with Gasteiger partial charge in [0.1, 0.15) is 26.4 Å². The van der Waals surface area contributed by atoms with Crippen LogP contribution in [0.15, 0.2) is 11.6 Å². The van der Waals surface area contributed by atoms with Gasteiger partial charge in [0.15, 0.2) is 18.0 Å². The Morgan fingerprint density at radius 3 is 0.712 bits per heavy atom.